The van der Waals surface area contributed by atoms with Crippen molar-refractivity contribution in [2.24, 2.45) is 5.92 Å². The fraction of sp³-hybridized carbons (Fsp3) is 0.364. The number of fused-ring (bicyclic) bond motifs is 1. The Bertz CT molecular complexity index is 1200. The molecule has 0 saturated carbocycles. The molecule has 2 heterocycles. The van der Waals surface area contributed by atoms with Crippen LogP contribution in [0.5, 0.6) is 11.5 Å². The van der Waals surface area contributed by atoms with Crippen molar-refractivity contribution in [2.75, 3.05) is 32.1 Å². The van der Waals surface area contributed by atoms with Crippen LogP contribution in [0, 0.1) is 5.92 Å². The van der Waals surface area contributed by atoms with E-state index in [1.165, 1.54) is 34.9 Å². The summed E-state index contributed by atoms with van der Waals surface area (Å²) in [6.07, 6.45) is 0.918. The lowest BCUT2D eigenvalue weighted by Gasteiger charge is -2.30. The Morgan fingerprint density at radius 3 is 2.50 bits per heavy atom. The number of hydrogen-bond donors (Lipinski definition) is 1. The van der Waals surface area contributed by atoms with Gasteiger partial charge in [-0.05, 0) is 62.2 Å². The van der Waals surface area contributed by atoms with Crippen molar-refractivity contribution in [3.05, 3.63) is 42.5 Å². The lowest BCUT2D eigenvalue weighted by Crippen LogP contribution is -2.41. The van der Waals surface area contributed by atoms with E-state index in [9.17, 15) is 13.2 Å². The highest BCUT2D eigenvalue weighted by atomic mass is 32.2. The maximum absolute atomic E-state index is 12.9. The van der Waals surface area contributed by atoms with Gasteiger partial charge in [0.2, 0.25) is 15.9 Å². The normalized spacial score (nSPS) is 15.6. The average Bonchev–Trinajstić information content (AvgIpc) is 3.21. The molecule has 4 rings (SSSR count). The molecule has 32 heavy (non-hydrogen) atoms. The van der Waals surface area contributed by atoms with Gasteiger partial charge in [0.15, 0.2) is 5.13 Å². The smallest absolute Gasteiger partial charge is 0.243 e. The van der Waals surface area contributed by atoms with Gasteiger partial charge in [-0.25, -0.2) is 13.4 Å². The molecule has 1 N–H and O–H groups in total. The van der Waals surface area contributed by atoms with Crippen LogP contribution in [0.15, 0.2) is 47.4 Å². The number of hydrogen-bond acceptors (Lipinski definition) is 7. The quantitative estimate of drug-likeness (QED) is 0.559. The summed E-state index contributed by atoms with van der Waals surface area (Å²) in [5.41, 5.74) is 0.800. The number of carbonyl (C=O) groups excluding carboxylic acids is 1. The number of piperidine rings is 1. The van der Waals surface area contributed by atoms with Crippen LogP contribution in [0.1, 0.15) is 19.8 Å². The molecule has 1 saturated heterocycles. The lowest BCUT2D eigenvalue weighted by molar-refractivity contribution is -0.120. The maximum Gasteiger partial charge on any atom is 0.243 e. The summed E-state index contributed by atoms with van der Waals surface area (Å²) in [6.45, 7) is 3.10. The third-order valence-electron chi connectivity index (χ3n) is 5.42. The van der Waals surface area contributed by atoms with Crippen LogP contribution in [0.2, 0.25) is 0 Å². The minimum absolute atomic E-state index is 0.129. The Hall–Kier alpha value is -2.69. The van der Waals surface area contributed by atoms with E-state index in [0.717, 1.165) is 16.0 Å². The fourth-order valence-electron chi connectivity index (χ4n) is 3.68. The number of aromatic nitrogens is 1. The van der Waals surface area contributed by atoms with E-state index in [4.69, 9.17) is 9.47 Å². The summed E-state index contributed by atoms with van der Waals surface area (Å²) in [5.74, 6) is 0.981. The maximum atomic E-state index is 12.9. The van der Waals surface area contributed by atoms with Gasteiger partial charge in [-0.2, -0.15) is 4.31 Å². The Balaban J connectivity index is 1.37. The molecule has 10 heteroatoms. The molecule has 8 nitrogen and oxygen atoms in total. The van der Waals surface area contributed by atoms with Crippen molar-refractivity contribution in [2.45, 2.75) is 24.7 Å². The molecule has 0 radical (unpaired) electrons. The van der Waals surface area contributed by atoms with Crippen molar-refractivity contribution < 1.29 is 22.7 Å². The predicted molar refractivity (Wildman–Crippen MR) is 124 cm³/mol. The summed E-state index contributed by atoms with van der Waals surface area (Å²) in [6, 6.07) is 12.0. The van der Waals surface area contributed by atoms with E-state index in [-0.39, 0.29) is 16.7 Å². The first kappa shape index (κ1) is 22.5. The fourth-order valence-corrected chi connectivity index (χ4v) is 6.04. The SMILES string of the molecule is CCOc1ccc2nc(NC(=O)C3CCN(S(=O)(=O)c4ccc(OC)cc4)CC3)sc2c1. The molecule has 170 valence electrons. The van der Waals surface area contributed by atoms with Gasteiger partial charge in [0.05, 0.1) is 28.8 Å². The highest BCUT2D eigenvalue weighted by Crippen LogP contribution is 2.31. The molecule has 0 atom stereocenters. The van der Waals surface area contributed by atoms with Crippen LogP contribution < -0.4 is 14.8 Å². The molecular formula is C22H25N3O5S2. The first-order chi connectivity index (χ1) is 15.4. The molecule has 2 aromatic carbocycles. The number of ether oxygens (including phenoxy) is 2. The standard InChI is InChI=1S/C22H25N3O5S2/c1-3-30-17-6-9-19-20(14-17)31-22(23-19)24-21(26)15-10-12-25(13-11-15)32(27,28)18-7-4-16(29-2)5-8-18/h4-9,14-15H,3,10-13H2,1-2H3,(H,23,24,26). The van der Waals surface area contributed by atoms with Crippen LogP contribution in [0.3, 0.4) is 0 Å². The monoisotopic (exact) mass is 475 g/mol. The Morgan fingerprint density at radius 2 is 1.84 bits per heavy atom. The van der Waals surface area contributed by atoms with Crippen molar-refractivity contribution in [1.82, 2.24) is 9.29 Å². The van der Waals surface area contributed by atoms with Gasteiger partial charge in [0.1, 0.15) is 11.5 Å². The van der Waals surface area contributed by atoms with Crippen LogP contribution in [0.4, 0.5) is 5.13 Å². The Morgan fingerprint density at radius 1 is 1.16 bits per heavy atom. The van der Waals surface area contributed by atoms with E-state index in [1.54, 1.807) is 12.1 Å². The van der Waals surface area contributed by atoms with E-state index in [0.29, 0.717) is 43.4 Å². The second kappa shape index (κ2) is 9.43. The van der Waals surface area contributed by atoms with Gasteiger partial charge in [-0.3, -0.25) is 4.79 Å². The van der Waals surface area contributed by atoms with Gasteiger partial charge in [-0.15, -0.1) is 0 Å². The number of thiazole rings is 1. The topological polar surface area (TPSA) is 97.8 Å². The van der Waals surface area contributed by atoms with E-state index < -0.39 is 10.0 Å². The Kier molecular flexibility index (Phi) is 6.63. The molecular weight excluding hydrogens is 450 g/mol. The van der Waals surface area contributed by atoms with E-state index >= 15 is 0 Å². The molecule has 1 aliphatic heterocycles. The van der Waals surface area contributed by atoms with Gasteiger partial charge >= 0.3 is 0 Å². The van der Waals surface area contributed by atoms with Crippen LogP contribution >= 0.6 is 11.3 Å². The van der Waals surface area contributed by atoms with Crippen LogP contribution in [0.25, 0.3) is 10.2 Å². The van der Waals surface area contributed by atoms with Crippen LogP contribution in [-0.4, -0.2) is 50.4 Å². The van der Waals surface area contributed by atoms with E-state index in [1.807, 2.05) is 25.1 Å². The molecule has 1 fully saturated rings. The summed E-state index contributed by atoms with van der Waals surface area (Å²) >= 11 is 1.40. The second-order valence-electron chi connectivity index (χ2n) is 7.42. The van der Waals surface area contributed by atoms with E-state index in [2.05, 4.69) is 10.3 Å². The number of nitrogens with one attached hydrogen (secondary N) is 1. The zero-order valence-corrected chi connectivity index (χ0v) is 19.5. The van der Waals surface area contributed by atoms with Crippen molar-refractivity contribution in [1.29, 1.82) is 0 Å². The first-order valence-corrected chi connectivity index (χ1v) is 12.6. The molecule has 1 aliphatic rings. The van der Waals surface area contributed by atoms with Crippen molar-refractivity contribution >= 4 is 42.6 Å². The molecule has 0 aliphatic carbocycles. The summed E-state index contributed by atoms with van der Waals surface area (Å²) < 4.78 is 38.8. The molecule has 0 unspecified atom stereocenters. The minimum Gasteiger partial charge on any atom is -0.497 e. The largest absolute Gasteiger partial charge is 0.497 e. The second-order valence-corrected chi connectivity index (χ2v) is 10.4. The number of sulfonamides is 1. The minimum atomic E-state index is -3.60. The number of nitrogens with zero attached hydrogens (tertiary/aromatic N) is 2. The van der Waals surface area contributed by atoms with Gasteiger partial charge in [0, 0.05) is 19.0 Å². The highest BCUT2D eigenvalue weighted by molar-refractivity contribution is 7.89. The third kappa shape index (κ3) is 4.72. The average molecular weight is 476 g/mol. The number of amides is 1. The zero-order valence-electron chi connectivity index (χ0n) is 17.9. The molecule has 0 bridgehead atoms. The van der Waals surface area contributed by atoms with Crippen molar-refractivity contribution in [3.8, 4) is 11.5 Å². The molecule has 3 aromatic rings. The first-order valence-electron chi connectivity index (χ1n) is 10.4. The predicted octanol–water partition coefficient (Wildman–Crippen LogP) is 3.74. The molecule has 1 aromatic heterocycles. The van der Waals surface area contributed by atoms with Gasteiger partial charge in [-0.1, -0.05) is 11.3 Å². The number of anilines is 1. The highest BCUT2D eigenvalue weighted by Gasteiger charge is 2.32. The summed E-state index contributed by atoms with van der Waals surface area (Å²) in [4.78, 5) is 17.5. The third-order valence-corrected chi connectivity index (χ3v) is 8.27. The molecule has 0 spiro atoms. The number of rotatable bonds is 7. The van der Waals surface area contributed by atoms with Crippen molar-refractivity contribution in [3.63, 3.8) is 0 Å². The molecule has 1 amide bonds. The zero-order chi connectivity index (χ0) is 22.7. The summed E-state index contributed by atoms with van der Waals surface area (Å²) in [7, 11) is -2.06. The van der Waals surface area contributed by atoms with Gasteiger partial charge in [0.25, 0.3) is 0 Å². The number of carbonyl (C=O) groups is 1. The summed E-state index contributed by atoms with van der Waals surface area (Å²) in [5, 5.41) is 3.43. The number of benzene rings is 2. The van der Waals surface area contributed by atoms with Gasteiger partial charge < -0.3 is 14.8 Å². The Labute approximate surface area is 191 Å². The number of methoxy groups -OCH3 is 1. The lowest BCUT2D eigenvalue weighted by atomic mass is 9.97. The van der Waals surface area contributed by atoms with Crippen LogP contribution in [-0.2, 0) is 14.8 Å².